The highest BCUT2D eigenvalue weighted by atomic mass is 16.5. The Balaban J connectivity index is 1.96. The van der Waals surface area contributed by atoms with E-state index < -0.39 is 11.7 Å². The van der Waals surface area contributed by atoms with Crippen LogP contribution in [-0.2, 0) is 9.53 Å². The van der Waals surface area contributed by atoms with Crippen LogP contribution in [0.4, 0.5) is 0 Å². The number of Topliss-reactive ketones (excluding diaryl/α,β-unsaturated/α-hetero) is 1. The lowest BCUT2D eigenvalue weighted by molar-refractivity contribution is -0.186. The summed E-state index contributed by atoms with van der Waals surface area (Å²) in [5.41, 5.74) is 1.16. The Kier molecular flexibility index (Phi) is 4.69. The molecule has 0 aromatic carbocycles. The van der Waals surface area contributed by atoms with Crippen molar-refractivity contribution in [3.05, 3.63) is 11.1 Å². The third kappa shape index (κ3) is 3.13. The minimum atomic E-state index is -0.965. The number of carbonyl (C=O) groups excluding carboxylic acids is 1. The van der Waals surface area contributed by atoms with Gasteiger partial charge in [0, 0.05) is 11.8 Å². The Morgan fingerprint density at radius 3 is 2.65 bits per heavy atom. The SMILES string of the molecule is CC/C1=C(/C)CCC(C)(O)CC2C(CCC3OCC32)C(=O)C1O. The van der Waals surface area contributed by atoms with E-state index in [2.05, 4.69) is 0 Å². The minimum Gasteiger partial charge on any atom is -0.390 e. The van der Waals surface area contributed by atoms with Crippen LogP contribution < -0.4 is 0 Å². The molecule has 1 saturated heterocycles. The van der Waals surface area contributed by atoms with Crippen molar-refractivity contribution in [1.82, 2.24) is 0 Å². The van der Waals surface area contributed by atoms with Gasteiger partial charge in [-0.1, -0.05) is 12.5 Å². The molecule has 1 heterocycles. The van der Waals surface area contributed by atoms with E-state index in [-0.39, 0.29) is 23.7 Å². The van der Waals surface area contributed by atoms with Crippen molar-refractivity contribution >= 4 is 5.78 Å². The zero-order chi connectivity index (χ0) is 16.8. The van der Waals surface area contributed by atoms with Crippen LogP contribution in [0.15, 0.2) is 11.1 Å². The summed E-state index contributed by atoms with van der Waals surface area (Å²) in [6.07, 6.45) is 3.71. The zero-order valence-electron chi connectivity index (χ0n) is 14.5. The predicted octanol–water partition coefficient (Wildman–Crippen LogP) is 2.62. The van der Waals surface area contributed by atoms with Crippen molar-refractivity contribution in [3.8, 4) is 0 Å². The normalized spacial score (nSPS) is 48.2. The van der Waals surface area contributed by atoms with Gasteiger partial charge in [0.05, 0.1) is 18.3 Å². The van der Waals surface area contributed by atoms with Gasteiger partial charge in [0.1, 0.15) is 6.10 Å². The molecule has 0 aromatic heterocycles. The quantitative estimate of drug-likeness (QED) is 0.728. The minimum absolute atomic E-state index is 0.0331. The van der Waals surface area contributed by atoms with Gasteiger partial charge in [-0.25, -0.2) is 0 Å². The molecule has 23 heavy (non-hydrogen) atoms. The topological polar surface area (TPSA) is 66.8 Å². The molecule has 1 saturated carbocycles. The van der Waals surface area contributed by atoms with Gasteiger partial charge in [-0.15, -0.1) is 0 Å². The van der Waals surface area contributed by atoms with Crippen LogP contribution in [0, 0.1) is 17.8 Å². The second kappa shape index (κ2) is 6.30. The van der Waals surface area contributed by atoms with Gasteiger partial charge in [-0.2, -0.15) is 0 Å². The average molecular weight is 322 g/mol. The summed E-state index contributed by atoms with van der Waals surface area (Å²) in [6.45, 7) is 6.57. The largest absolute Gasteiger partial charge is 0.390 e. The van der Waals surface area contributed by atoms with E-state index in [0.717, 1.165) is 30.4 Å². The summed E-state index contributed by atoms with van der Waals surface area (Å²) in [6, 6.07) is 0. The Labute approximate surface area is 138 Å². The average Bonchev–Trinajstić information content (AvgIpc) is 2.46. The van der Waals surface area contributed by atoms with E-state index in [4.69, 9.17) is 4.74 Å². The molecule has 4 nitrogen and oxygen atoms in total. The molecule has 0 radical (unpaired) electrons. The first-order valence-electron chi connectivity index (χ1n) is 9.08. The lowest BCUT2D eigenvalue weighted by Crippen LogP contribution is -2.54. The van der Waals surface area contributed by atoms with Crippen LogP contribution in [0.25, 0.3) is 0 Å². The molecule has 4 heteroatoms. The number of fused-ring (bicyclic) bond motifs is 3. The monoisotopic (exact) mass is 322 g/mol. The number of ketones is 1. The van der Waals surface area contributed by atoms with Crippen LogP contribution in [0.5, 0.6) is 0 Å². The van der Waals surface area contributed by atoms with Crippen molar-refractivity contribution < 1.29 is 19.7 Å². The van der Waals surface area contributed by atoms with E-state index in [9.17, 15) is 15.0 Å². The molecule has 2 aliphatic carbocycles. The summed E-state index contributed by atoms with van der Waals surface area (Å²) < 4.78 is 5.64. The second-order valence-corrected chi connectivity index (χ2v) is 8.05. The van der Waals surface area contributed by atoms with Gasteiger partial charge in [0.2, 0.25) is 0 Å². The third-order valence-corrected chi connectivity index (χ3v) is 6.42. The molecule has 3 rings (SSSR count). The van der Waals surface area contributed by atoms with E-state index >= 15 is 0 Å². The highest BCUT2D eigenvalue weighted by Crippen LogP contribution is 2.47. The van der Waals surface area contributed by atoms with Crippen molar-refractivity contribution in [2.45, 2.75) is 77.1 Å². The van der Waals surface area contributed by atoms with Crippen molar-refractivity contribution in [2.75, 3.05) is 6.61 Å². The molecule has 0 spiro atoms. The summed E-state index contributed by atoms with van der Waals surface area (Å²) in [5.74, 6) is 0.324. The Morgan fingerprint density at radius 2 is 2.04 bits per heavy atom. The van der Waals surface area contributed by atoms with E-state index in [1.54, 1.807) is 0 Å². The lowest BCUT2D eigenvalue weighted by atomic mass is 9.62. The first-order chi connectivity index (χ1) is 10.8. The van der Waals surface area contributed by atoms with Crippen LogP contribution in [0.3, 0.4) is 0 Å². The van der Waals surface area contributed by atoms with Crippen LogP contribution >= 0.6 is 0 Å². The molecule has 2 fully saturated rings. The van der Waals surface area contributed by atoms with Crippen molar-refractivity contribution in [2.24, 2.45) is 17.8 Å². The molecule has 2 N–H and O–H groups in total. The van der Waals surface area contributed by atoms with Gasteiger partial charge >= 0.3 is 0 Å². The van der Waals surface area contributed by atoms with Crippen molar-refractivity contribution in [1.29, 1.82) is 0 Å². The smallest absolute Gasteiger partial charge is 0.168 e. The van der Waals surface area contributed by atoms with Crippen LogP contribution in [0.2, 0.25) is 0 Å². The van der Waals surface area contributed by atoms with Gasteiger partial charge < -0.3 is 14.9 Å². The number of hydrogen-bond donors (Lipinski definition) is 2. The number of ether oxygens (including phenoxy) is 1. The number of hydrogen-bond acceptors (Lipinski definition) is 4. The molecule has 0 bridgehead atoms. The van der Waals surface area contributed by atoms with E-state index in [0.29, 0.717) is 31.8 Å². The Morgan fingerprint density at radius 1 is 1.30 bits per heavy atom. The maximum Gasteiger partial charge on any atom is 0.168 e. The first kappa shape index (κ1) is 17.1. The summed E-state index contributed by atoms with van der Waals surface area (Å²) in [7, 11) is 0. The standard InChI is InChI=1S/C19H30O4/c1-4-12-11(2)7-8-19(3,22)9-14-13(18(21)17(12)20)5-6-16-15(14)10-23-16/h13-17,20,22H,4-10H2,1-3H3/b12-11+. The highest BCUT2D eigenvalue weighted by molar-refractivity contribution is 5.88. The highest BCUT2D eigenvalue weighted by Gasteiger charge is 2.50. The fourth-order valence-electron chi connectivity index (χ4n) is 4.87. The molecule has 130 valence electrons. The molecule has 1 aliphatic heterocycles. The van der Waals surface area contributed by atoms with Gasteiger partial charge in [0.15, 0.2) is 5.78 Å². The summed E-state index contributed by atoms with van der Waals surface area (Å²) >= 11 is 0. The fraction of sp³-hybridized carbons (Fsp3) is 0.842. The molecule has 6 atom stereocenters. The number of allylic oxidation sites excluding steroid dienone is 1. The maximum atomic E-state index is 13.0. The van der Waals surface area contributed by atoms with Crippen LogP contribution in [0.1, 0.15) is 59.3 Å². The fourth-order valence-corrected chi connectivity index (χ4v) is 4.87. The second-order valence-electron chi connectivity index (χ2n) is 8.05. The van der Waals surface area contributed by atoms with Gasteiger partial charge in [0.25, 0.3) is 0 Å². The molecule has 3 aliphatic rings. The van der Waals surface area contributed by atoms with E-state index in [1.807, 2.05) is 20.8 Å². The number of aliphatic hydroxyl groups is 2. The lowest BCUT2D eigenvalue weighted by Gasteiger charge is -2.51. The number of carbonyl (C=O) groups is 1. The molecule has 0 aromatic rings. The van der Waals surface area contributed by atoms with Gasteiger partial charge in [-0.05, 0) is 63.9 Å². The molecule has 0 amide bonds. The summed E-state index contributed by atoms with van der Waals surface area (Å²) in [5, 5.41) is 21.5. The third-order valence-electron chi connectivity index (χ3n) is 6.42. The molecule has 6 unspecified atom stereocenters. The Hall–Kier alpha value is -0.710. The first-order valence-corrected chi connectivity index (χ1v) is 9.08. The van der Waals surface area contributed by atoms with E-state index in [1.165, 1.54) is 0 Å². The predicted molar refractivity (Wildman–Crippen MR) is 87.9 cm³/mol. The number of aliphatic hydroxyl groups excluding tert-OH is 1. The zero-order valence-corrected chi connectivity index (χ0v) is 14.5. The van der Waals surface area contributed by atoms with Gasteiger partial charge in [-0.3, -0.25) is 4.79 Å². The van der Waals surface area contributed by atoms with Crippen LogP contribution in [-0.4, -0.2) is 40.4 Å². The summed E-state index contributed by atoms with van der Waals surface area (Å²) in [4.78, 5) is 13.0. The molecular weight excluding hydrogens is 292 g/mol. The Bertz CT molecular complexity index is 507. The van der Waals surface area contributed by atoms with Crippen molar-refractivity contribution in [3.63, 3.8) is 0 Å². The maximum absolute atomic E-state index is 13.0. The number of rotatable bonds is 1. The molecular formula is C19H30O4.